The van der Waals surface area contributed by atoms with Crippen LogP contribution < -0.4 is 9.61 Å². The number of thiazole rings is 1. The van der Waals surface area contributed by atoms with Gasteiger partial charge in [-0.1, -0.05) is 59.0 Å². The van der Waals surface area contributed by atoms with Crippen molar-refractivity contribution in [3.8, 4) is 11.6 Å². The third-order valence-electron chi connectivity index (χ3n) is 3.71. The molecule has 0 spiro atoms. The molecule has 25 heavy (non-hydrogen) atoms. The third-order valence-corrected chi connectivity index (χ3v) is 4.58. The monoisotopic (exact) mass is 356 g/mol. The van der Waals surface area contributed by atoms with Crippen LogP contribution in [0.3, 0.4) is 0 Å². The molecule has 3 rings (SSSR count). The van der Waals surface area contributed by atoms with Crippen molar-refractivity contribution < 1.29 is 9.84 Å². The maximum absolute atomic E-state index is 11.2. The molecule has 3 aromatic rings. The van der Waals surface area contributed by atoms with Crippen molar-refractivity contribution in [2.45, 2.75) is 12.5 Å². The molecule has 1 atom stereocenters. The lowest BCUT2D eigenvalue weighted by Crippen LogP contribution is -2.07. The SMILES string of the molecule is O=NC(COc1ccc(Cc2sc(=O)[nH]c2O)cc1)c1ccccc1. The molecule has 7 heteroatoms. The Labute approximate surface area is 147 Å². The van der Waals surface area contributed by atoms with Crippen LogP contribution in [0.4, 0.5) is 0 Å². The summed E-state index contributed by atoms with van der Waals surface area (Å²) in [6.45, 7) is 0.160. The van der Waals surface area contributed by atoms with E-state index >= 15 is 0 Å². The zero-order valence-corrected chi connectivity index (χ0v) is 14.0. The summed E-state index contributed by atoms with van der Waals surface area (Å²) in [6, 6.07) is 16.0. The number of H-pyrrole nitrogens is 1. The highest BCUT2D eigenvalue weighted by Crippen LogP contribution is 2.23. The Hall–Kier alpha value is -2.93. The van der Waals surface area contributed by atoms with Gasteiger partial charge in [0.25, 0.3) is 0 Å². The van der Waals surface area contributed by atoms with Crippen molar-refractivity contribution >= 4 is 11.3 Å². The van der Waals surface area contributed by atoms with Crippen LogP contribution >= 0.6 is 11.3 Å². The molecule has 1 unspecified atom stereocenters. The van der Waals surface area contributed by atoms with Crippen LogP contribution in [0.1, 0.15) is 22.0 Å². The minimum Gasteiger partial charge on any atom is -0.494 e. The van der Waals surface area contributed by atoms with Crippen molar-refractivity contribution in [1.82, 2.24) is 4.98 Å². The van der Waals surface area contributed by atoms with Gasteiger partial charge in [-0.2, -0.15) is 4.91 Å². The summed E-state index contributed by atoms with van der Waals surface area (Å²) in [5.41, 5.74) is 1.75. The van der Waals surface area contributed by atoms with Gasteiger partial charge < -0.3 is 9.84 Å². The summed E-state index contributed by atoms with van der Waals surface area (Å²) >= 11 is 0.989. The highest BCUT2D eigenvalue weighted by Gasteiger charge is 2.12. The zero-order chi connectivity index (χ0) is 17.6. The number of rotatable bonds is 7. The molecular weight excluding hydrogens is 340 g/mol. The van der Waals surface area contributed by atoms with Gasteiger partial charge in [0.1, 0.15) is 12.4 Å². The second-order valence-electron chi connectivity index (χ2n) is 5.45. The second kappa shape index (κ2) is 7.76. The summed E-state index contributed by atoms with van der Waals surface area (Å²) in [5.74, 6) is 0.540. The topological polar surface area (TPSA) is 91.8 Å². The van der Waals surface area contributed by atoms with Gasteiger partial charge >= 0.3 is 4.87 Å². The number of ether oxygens (including phenoxy) is 1. The molecule has 0 aliphatic rings. The van der Waals surface area contributed by atoms with Crippen molar-refractivity contribution in [1.29, 1.82) is 0 Å². The lowest BCUT2D eigenvalue weighted by atomic mass is 10.1. The first-order valence-corrected chi connectivity index (χ1v) is 8.47. The average molecular weight is 356 g/mol. The van der Waals surface area contributed by atoms with Gasteiger partial charge in [-0.25, -0.2) is 0 Å². The summed E-state index contributed by atoms with van der Waals surface area (Å²) in [7, 11) is 0. The molecule has 0 bridgehead atoms. The minimum atomic E-state index is -0.560. The van der Waals surface area contributed by atoms with E-state index in [9.17, 15) is 14.8 Å². The molecule has 0 aliphatic heterocycles. The predicted molar refractivity (Wildman–Crippen MR) is 96.3 cm³/mol. The summed E-state index contributed by atoms with van der Waals surface area (Å²) in [5, 5.41) is 12.7. The molecule has 1 heterocycles. The molecule has 0 radical (unpaired) electrons. The van der Waals surface area contributed by atoms with E-state index in [1.54, 1.807) is 12.1 Å². The Kier molecular flexibility index (Phi) is 5.25. The maximum Gasteiger partial charge on any atom is 0.307 e. The van der Waals surface area contributed by atoms with Gasteiger partial charge in [-0.15, -0.1) is 0 Å². The first kappa shape index (κ1) is 16.9. The van der Waals surface area contributed by atoms with Crippen molar-refractivity contribution in [3.63, 3.8) is 0 Å². The molecule has 2 aromatic carbocycles. The van der Waals surface area contributed by atoms with Crippen LogP contribution in [0.25, 0.3) is 0 Å². The number of nitrogens with one attached hydrogen (secondary N) is 1. The number of hydrogen-bond donors (Lipinski definition) is 2. The summed E-state index contributed by atoms with van der Waals surface area (Å²) in [4.78, 5) is 24.9. The largest absolute Gasteiger partial charge is 0.494 e. The molecule has 6 nitrogen and oxygen atoms in total. The third kappa shape index (κ3) is 4.33. The number of aromatic nitrogens is 1. The van der Waals surface area contributed by atoms with E-state index in [1.165, 1.54) is 0 Å². The highest BCUT2D eigenvalue weighted by molar-refractivity contribution is 7.09. The molecule has 0 amide bonds. The maximum atomic E-state index is 11.2. The van der Waals surface area contributed by atoms with Crippen LogP contribution in [0.2, 0.25) is 0 Å². The van der Waals surface area contributed by atoms with Crippen LogP contribution in [0, 0.1) is 4.91 Å². The average Bonchev–Trinajstić information content (AvgIpc) is 2.95. The number of benzene rings is 2. The smallest absolute Gasteiger partial charge is 0.307 e. The minimum absolute atomic E-state index is 0.0851. The second-order valence-corrected chi connectivity index (χ2v) is 6.52. The Morgan fingerprint density at radius 1 is 1.12 bits per heavy atom. The van der Waals surface area contributed by atoms with Crippen molar-refractivity contribution in [3.05, 3.63) is 85.2 Å². The van der Waals surface area contributed by atoms with E-state index < -0.39 is 6.04 Å². The van der Waals surface area contributed by atoms with Crippen molar-refractivity contribution in [2.75, 3.05) is 6.61 Å². The van der Waals surface area contributed by atoms with Crippen LogP contribution in [0.15, 0.2) is 64.6 Å². The van der Waals surface area contributed by atoms with Crippen molar-refractivity contribution in [2.24, 2.45) is 5.18 Å². The fourth-order valence-electron chi connectivity index (χ4n) is 2.40. The lowest BCUT2D eigenvalue weighted by Gasteiger charge is -2.11. The van der Waals surface area contributed by atoms with E-state index in [4.69, 9.17) is 4.74 Å². The van der Waals surface area contributed by atoms with E-state index in [0.29, 0.717) is 17.0 Å². The van der Waals surface area contributed by atoms with Gasteiger partial charge in [0.15, 0.2) is 6.04 Å². The van der Waals surface area contributed by atoms with E-state index in [0.717, 1.165) is 22.5 Å². The first-order chi connectivity index (χ1) is 12.2. The highest BCUT2D eigenvalue weighted by atomic mass is 32.1. The standard InChI is InChI=1S/C18H16N2O4S/c21-17-16(25-18(22)19-17)10-12-6-8-14(9-7-12)24-11-15(20-23)13-4-2-1-3-5-13/h1-9,15,21H,10-11H2,(H,19,22). The Morgan fingerprint density at radius 3 is 2.44 bits per heavy atom. The molecule has 128 valence electrons. The zero-order valence-electron chi connectivity index (χ0n) is 13.2. The Bertz CT molecular complexity index is 887. The molecule has 2 N–H and O–H groups in total. The fraction of sp³-hybridized carbons (Fsp3) is 0.167. The molecule has 0 aliphatic carbocycles. The number of hydrogen-bond acceptors (Lipinski definition) is 6. The van der Waals surface area contributed by atoms with E-state index in [1.807, 2.05) is 42.5 Å². The van der Waals surface area contributed by atoms with E-state index in [-0.39, 0.29) is 17.4 Å². The fourth-order valence-corrected chi connectivity index (χ4v) is 3.16. The predicted octanol–water partition coefficient (Wildman–Crippen LogP) is 3.62. The summed E-state index contributed by atoms with van der Waals surface area (Å²) < 4.78 is 5.65. The molecule has 0 saturated carbocycles. The Morgan fingerprint density at radius 2 is 1.84 bits per heavy atom. The normalized spacial score (nSPS) is 11.8. The number of aromatic hydroxyl groups is 1. The number of nitroso groups, excluding NO2 is 1. The van der Waals surface area contributed by atoms with Crippen LogP contribution in [-0.2, 0) is 6.42 Å². The van der Waals surface area contributed by atoms with Crippen LogP contribution in [-0.4, -0.2) is 16.7 Å². The van der Waals surface area contributed by atoms with Crippen LogP contribution in [0.5, 0.6) is 11.6 Å². The Balaban J connectivity index is 1.61. The first-order valence-electron chi connectivity index (χ1n) is 7.66. The van der Waals surface area contributed by atoms with Gasteiger partial charge in [0, 0.05) is 6.42 Å². The quantitative estimate of drug-likeness (QED) is 0.633. The van der Waals surface area contributed by atoms with Gasteiger partial charge in [-0.05, 0) is 23.3 Å². The van der Waals surface area contributed by atoms with Gasteiger partial charge in [-0.3, -0.25) is 9.78 Å². The number of aromatic amines is 1. The lowest BCUT2D eigenvalue weighted by molar-refractivity contribution is 0.291. The molecule has 1 aromatic heterocycles. The molecular formula is C18H16N2O4S. The molecule has 0 fully saturated rings. The van der Waals surface area contributed by atoms with E-state index in [2.05, 4.69) is 10.2 Å². The van der Waals surface area contributed by atoms with Gasteiger partial charge in [0.05, 0.1) is 4.88 Å². The van der Waals surface area contributed by atoms with Gasteiger partial charge in [0.2, 0.25) is 5.88 Å². The summed E-state index contributed by atoms with van der Waals surface area (Å²) in [6.07, 6.45) is 0.456. The number of nitrogens with zero attached hydrogens (tertiary/aromatic N) is 1. The molecule has 0 saturated heterocycles.